The highest BCUT2D eigenvalue weighted by Crippen LogP contribution is 2.44. The lowest BCUT2D eigenvalue weighted by molar-refractivity contribution is -0.196. The summed E-state index contributed by atoms with van der Waals surface area (Å²) in [5.41, 5.74) is 1.66. The molecule has 0 spiro atoms. The second-order valence-electron chi connectivity index (χ2n) is 6.54. The quantitative estimate of drug-likeness (QED) is 0.840. The van der Waals surface area contributed by atoms with Gasteiger partial charge in [0.1, 0.15) is 30.3 Å². The Kier molecular flexibility index (Phi) is 3.10. The minimum atomic E-state index is -0.737. The maximum atomic E-state index is 11.9. The van der Waals surface area contributed by atoms with Crippen LogP contribution in [0.2, 0.25) is 0 Å². The number of ether oxygens (including phenoxy) is 3. The van der Waals surface area contributed by atoms with Crippen LogP contribution < -0.4 is 0 Å². The van der Waals surface area contributed by atoms with Crippen LogP contribution in [0.4, 0.5) is 0 Å². The number of fused-ring (bicyclic) bond motifs is 2. The smallest absolute Gasteiger partial charge is 0.165 e. The first-order valence-electron chi connectivity index (χ1n) is 7.67. The van der Waals surface area contributed by atoms with E-state index >= 15 is 0 Å². The summed E-state index contributed by atoms with van der Waals surface area (Å²) in [6.45, 7) is 7.14. The number of ketones is 1. The Morgan fingerprint density at radius 2 is 2.00 bits per heavy atom. The van der Waals surface area contributed by atoms with Crippen molar-refractivity contribution in [1.82, 2.24) is 14.5 Å². The molecule has 2 aromatic heterocycles. The van der Waals surface area contributed by atoms with E-state index in [4.69, 9.17) is 14.2 Å². The molecule has 2 fully saturated rings. The lowest BCUT2D eigenvalue weighted by Crippen LogP contribution is -2.34. The maximum absolute atomic E-state index is 11.9. The molecule has 0 aliphatic carbocycles. The highest BCUT2D eigenvalue weighted by atomic mass is 16.8. The van der Waals surface area contributed by atoms with Crippen LogP contribution in [0.3, 0.4) is 0 Å². The molecule has 4 atom stereocenters. The molecule has 2 aromatic rings. The Bertz CT molecular complexity index is 785. The van der Waals surface area contributed by atoms with Gasteiger partial charge in [-0.3, -0.25) is 4.79 Å². The molecular formula is C16H19N3O4. The largest absolute Gasteiger partial charge is 0.341 e. The van der Waals surface area contributed by atoms with Crippen LogP contribution in [0.5, 0.6) is 0 Å². The molecule has 0 bridgehead atoms. The second-order valence-corrected chi connectivity index (χ2v) is 6.54. The van der Waals surface area contributed by atoms with Crippen molar-refractivity contribution in [3.8, 4) is 0 Å². The summed E-state index contributed by atoms with van der Waals surface area (Å²) < 4.78 is 19.8. The van der Waals surface area contributed by atoms with Gasteiger partial charge in [0.25, 0.3) is 0 Å². The van der Waals surface area contributed by atoms with Gasteiger partial charge in [-0.2, -0.15) is 0 Å². The molecule has 2 aliphatic rings. The molecule has 0 amide bonds. The number of carbonyl (C=O) groups is 1. The van der Waals surface area contributed by atoms with E-state index in [1.54, 1.807) is 0 Å². The Labute approximate surface area is 133 Å². The first-order valence-corrected chi connectivity index (χ1v) is 7.67. The minimum Gasteiger partial charge on any atom is -0.341 e. The average Bonchev–Trinajstić information content (AvgIpc) is 3.09. The zero-order valence-electron chi connectivity index (χ0n) is 13.5. The molecule has 0 aromatic carbocycles. The lowest BCUT2D eigenvalue weighted by Gasteiger charge is -2.24. The van der Waals surface area contributed by atoms with Crippen LogP contribution in [0, 0.1) is 6.92 Å². The van der Waals surface area contributed by atoms with Gasteiger partial charge in [-0.1, -0.05) is 0 Å². The number of hydrogen-bond acceptors (Lipinski definition) is 6. The van der Waals surface area contributed by atoms with Crippen molar-refractivity contribution in [2.75, 3.05) is 0 Å². The number of aryl methyl sites for hydroxylation is 1. The van der Waals surface area contributed by atoms with E-state index in [0.29, 0.717) is 0 Å². The van der Waals surface area contributed by atoms with E-state index in [0.717, 1.165) is 16.7 Å². The third-order valence-corrected chi connectivity index (χ3v) is 4.41. The van der Waals surface area contributed by atoms with Crippen molar-refractivity contribution in [3.63, 3.8) is 0 Å². The van der Waals surface area contributed by atoms with Gasteiger partial charge in [0, 0.05) is 11.6 Å². The Morgan fingerprint density at radius 1 is 1.26 bits per heavy atom. The first kappa shape index (κ1) is 14.7. The van der Waals surface area contributed by atoms with E-state index in [-0.39, 0.29) is 11.9 Å². The van der Waals surface area contributed by atoms with Crippen LogP contribution in [-0.4, -0.2) is 44.4 Å². The van der Waals surface area contributed by atoms with Crippen molar-refractivity contribution in [1.29, 1.82) is 0 Å². The predicted octanol–water partition coefficient (Wildman–Crippen LogP) is 1.75. The van der Waals surface area contributed by atoms with E-state index in [1.807, 2.05) is 37.6 Å². The summed E-state index contributed by atoms with van der Waals surface area (Å²) in [4.78, 5) is 20.5. The Balaban J connectivity index is 1.78. The first-order chi connectivity index (χ1) is 10.9. The standard InChI is InChI=1S/C16H19N3O4/c1-8-10-5-6-19(14(10)18-7-17-8)15-13-12(11(21-15)9(2)20)22-16(3,4)23-13/h5-7,11-13,15H,1-4H3/t11-,12+,13+,15+/m0/s1. The number of carbonyl (C=O) groups excluding carboxylic acids is 1. The van der Waals surface area contributed by atoms with Gasteiger partial charge in [-0.15, -0.1) is 0 Å². The number of rotatable bonds is 2. The van der Waals surface area contributed by atoms with Gasteiger partial charge in [0.2, 0.25) is 0 Å². The fraction of sp³-hybridized carbons (Fsp3) is 0.562. The molecule has 23 heavy (non-hydrogen) atoms. The monoisotopic (exact) mass is 317 g/mol. The van der Waals surface area contributed by atoms with Crippen molar-refractivity contribution in [3.05, 3.63) is 24.3 Å². The lowest BCUT2D eigenvalue weighted by atomic mass is 10.1. The van der Waals surface area contributed by atoms with Gasteiger partial charge in [0.05, 0.1) is 5.69 Å². The highest BCUT2D eigenvalue weighted by molar-refractivity contribution is 5.82. The van der Waals surface area contributed by atoms with Gasteiger partial charge in [-0.25, -0.2) is 9.97 Å². The van der Waals surface area contributed by atoms with Crippen LogP contribution >= 0.6 is 0 Å². The van der Waals surface area contributed by atoms with Crippen molar-refractivity contribution in [2.24, 2.45) is 0 Å². The molecule has 0 saturated carbocycles. The molecule has 4 rings (SSSR count). The maximum Gasteiger partial charge on any atom is 0.165 e. The number of nitrogens with zero attached hydrogens (tertiary/aromatic N) is 3. The molecule has 4 heterocycles. The molecule has 122 valence electrons. The molecule has 7 nitrogen and oxygen atoms in total. The number of hydrogen-bond donors (Lipinski definition) is 0. The molecule has 2 saturated heterocycles. The number of Topliss-reactive ketones (excluding diaryl/α,β-unsaturated/α-hetero) is 1. The summed E-state index contributed by atoms with van der Waals surface area (Å²) >= 11 is 0. The van der Waals surface area contributed by atoms with Gasteiger partial charge < -0.3 is 18.8 Å². The van der Waals surface area contributed by atoms with Gasteiger partial charge in [0.15, 0.2) is 17.8 Å². The number of aromatic nitrogens is 3. The van der Waals surface area contributed by atoms with Crippen LogP contribution in [-0.2, 0) is 19.0 Å². The van der Waals surface area contributed by atoms with Gasteiger partial charge in [-0.05, 0) is 33.8 Å². The van der Waals surface area contributed by atoms with E-state index in [9.17, 15) is 4.79 Å². The van der Waals surface area contributed by atoms with E-state index in [2.05, 4.69) is 9.97 Å². The fourth-order valence-electron chi connectivity index (χ4n) is 3.43. The van der Waals surface area contributed by atoms with Crippen LogP contribution in [0.1, 0.15) is 32.7 Å². The zero-order valence-corrected chi connectivity index (χ0v) is 13.5. The van der Waals surface area contributed by atoms with Crippen molar-refractivity contribution >= 4 is 16.8 Å². The van der Waals surface area contributed by atoms with Crippen LogP contribution in [0.25, 0.3) is 11.0 Å². The molecule has 7 heteroatoms. The topological polar surface area (TPSA) is 75.5 Å². The molecule has 0 N–H and O–H groups in total. The molecule has 0 radical (unpaired) electrons. The molecule has 2 aliphatic heterocycles. The summed E-state index contributed by atoms with van der Waals surface area (Å²) in [5, 5.41) is 0.956. The third kappa shape index (κ3) is 2.19. The summed E-state index contributed by atoms with van der Waals surface area (Å²) in [6.07, 6.45) is 1.57. The zero-order chi connectivity index (χ0) is 16.4. The van der Waals surface area contributed by atoms with E-state index in [1.165, 1.54) is 13.3 Å². The Hall–Kier alpha value is -1.83. The van der Waals surface area contributed by atoms with Gasteiger partial charge >= 0.3 is 0 Å². The molecule has 0 unspecified atom stereocenters. The Morgan fingerprint density at radius 3 is 2.74 bits per heavy atom. The average molecular weight is 317 g/mol. The summed E-state index contributed by atoms with van der Waals surface area (Å²) in [5.74, 6) is -0.801. The minimum absolute atomic E-state index is 0.0638. The second kappa shape index (κ2) is 4.83. The van der Waals surface area contributed by atoms with Crippen LogP contribution in [0.15, 0.2) is 18.6 Å². The van der Waals surface area contributed by atoms with Crippen molar-refractivity contribution in [2.45, 2.75) is 58.0 Å². The highest BCUT2D eigenvalue weighted by Gasteiger charge is 2.57. The summed E-state index contributed by atoms with van der Waals surface area (Å²) in [7, 11) is 0. The normalized spacial score (nSPS) is 32.3. The SMILES string of the molecule is CC(=O)[C@@H]1O[C@@H](n2ccc3c(C)ncnc32)[C@@H]2OC(C)(C)O[C@@H]21. The summed E-state index contributed by atoms with van der Waals surface area (Å²) in [6, 6.07) is 1.95. The molecular weight excluding hydrogens is 298 g/mol. The van der Waals surface area contributed by atoms with Crippen molar-refractivity contribution < 1.29 is 19.0 Å². The third-order valence-electron chi connectivity index (χ3n) is 4.41. The predicted molar refractivity (Wildman–Crippen MR) is 80.7 cm³/mol. The fourth-order valence-corrected chi connectivity index (χ4v) is 3.43. The van der Waals surface area contributed by atoms with E-state index < -0.39 is 24.2 Å².